The lowest BCUT2D eigenvalue weighted by Gasteiger charge is -2.04. The van der Waals surface area contributed by atoms with E-state index in [-0.39, 0.29) is 12.4 Å². The van der Waals surface area contributed by atoms with E-state index in [1.807, 2.05) is 0 Å². The monoisotopic (exact) mass is 245 g/mol. The minimum absolute atomic E-state index is 0.0849. The second kappa shape index (κ2) is 11.4. The van der Waals surface area contributed by atoms with Crippen LogP contribution >= 0.6 is 0 Å². The molecular weight excluding hydrogens is 222 g/mol. The number of hydroxylamine groups is 1. The fourth-order valence-corrected chi connectivity index (χ4v) is 1.37. The van der Waals surface area contributed by atoms with Crippen molar-refractivity contribution in [3.63, 3.8) is 0 Å². The maximum absolute atomic E-state index is 11.2. The van der Waals surface area contributed by atoms with Gasteiger partial charge in [-0.2, -0.15) is 5.48 Å². The van der Waals surface area contributed by atoms with E-state index in [9.17, 15) is 9.59 Å². The van der Waals surface area contributed by atoms with Gasteiger partial charge in [-0.3, -0.25) is 9.59 Å². The number of carbonyl (C=O) groups excluding carboxylic acids is 1. The van der Waals surface area contributed by atoms with Crippen molar-refractivity contribution in [2.24, 2.45) is 0 Å². The Hall–Kier alpha value is -1.10. The quantitative estimate of drug-likeness (QED) is 0.431. The van der Waals surface area contributed by atoms with E-state index in [0.717, 1.165) is 19.3 Å². The number of hydrogen-bond acceptors (Lipinski definition) is 4. The smallest absolute Gasteiger partial charge is 0.324 e. The maximum Gasteiger partial charge on any atom is 0.324 e. The van der Waals surface area contributed by atoms with Gasteiger partial charge in [0, 0.05) is 19.4 Å². The Labute approximate surface area is 102 Å². The average Bonchev–Trinajstić information content (AvgIpc) is 2.28. The average molecular weight is 245 g/mol. The Morgan fingerprint density at radius 2 is 1.76 bits per heavy atom. The van der Waals surface area contributed by atoms with Crippen LogP contribution in [0.3, 0.4) is 0 Å². The van der Waals surface area contributed by atoms with Crippen LogP contribution in [0.1, 0.15) is 58.3 Å². The number of rotatable bonds is 11. The molecule has 0 radical (unpaired) electrons. The van der Waals surface area contributed by atoms with Crippen LogP contribution in [0.4, 0.5) is 0 Å². The highest BCUT2D eigenvalue weighted by atomic mass is 16.7. The van der Waals surface area contributed by atoms with Gasteiger partial charge in [0.15, 0.2) is 0 Å². The SMILES string of the molecule is CCCCCCCC(=O)ONCCCC(=O)O. The first-order chi connectivity index (χ1) is 8.16. The van der Waals surface area contributed by atoms with Gasteiger partial charge in [0.25, 0.3) is 0 Å². The van der Waals surface area contributed by atoms with E-state index < -0.39 is 5.97 Å². The summed E-state index contributed by atoms with van der Waals surface area (Å²) in [7, 11) is 0. The second-order valence-electron chi connectivity index (χ2n) is 4.03. The van der Waals surface area contributed by atoms with E-state index >= 15 is 0 Å². The topological polar surface area (TPSA) is 75.6 Å². The third kappa shape index (κ3) is 12.8. The van der Waals surface area contributed by atoms with Crippen LogP contribution in [0.2, 0.25) is 0 Å². The van der Waals surface area contributed by atoms with Crippen molar-refractivity contribution in [1.29, 1.82) is 0 Å². The van der Waals surface area contributed by atoms with Crippen molar-refractivity contribution in [2.45, 2.75) is 58.3 Å². The summed E-state index contributed by atoms with van der Waals surface area (Å²) < 4.78 is 0. The summed E-state index contributed by atoms with van der Waals surface area (Å²) >= 11 is 0. The van der Waals surface area contributed by atoms with Crippen LogP contribution in [0.15, 0.2) is 0 Å². The highest BCUT2D eigenvalue weighted by Crippen LogP contribution is 2.05. The molecule has 0 aromatic carbocycles. The predicted molar refractivity (Wildman–Crippen MR) is 64.3 cm³/mol. The van der Waals surface area contributed by atoms with Gasteiger partial charge in [-0.05, 0) is 12.8 Å². The van der Waals surface area contributed by atoms with Crippen molar-refractivity contribution in [3.8, 4) is 0 Å². The fraction of sp³-hybridized carbons (Fsp3) is 0.833. The Bertz CT molecular complexity index is 219. The number of aliphatic carboxylic acids is 1. The van der Waals surface area contributed by atoms with Gasteiger partial charge in [0.1, 0.15) is 0 Å². The molecule has 5 nitrogen and oxygen atoms in total. The summed E-state index contributed by atoms with van der Waals surface area (Å²) in [6, 6.07) is 0. The number of carboxylic acids is 1. The highest BCUT2D eigenvalue weighted by Gasteiger charge is 2.02. The molecule has 0 unspecified atom stereocenters. The summed E-state index contributed by atoms with van der Waals surface area (Å²) in [5, 5.41) is 8.37. The number of unbranched alkanes of at least 4 members (excludes halogenated alkanes) is 4. The van der Waals surface area contributed by atoms with Gasteiger partial charge in [-0.15, -0.1) is 0 Å². The predicted octanol–water partition coefficient (Wildman–Crippen LogP) is 2.26. The molecule has 0 saturated carbocycles. The molecule has 0 spiro atoms. The summed E-state index contributed by atoms with van der Waals surface area (Å²) in [6.07, 6.45) is 6.45. The standard InChI is InChI=1S/C12H23NO4/c1-2-3-4-5-6-9-12(16)17-13-10-7-8-11(14)15/h13H,2-10H2,1H3,(H,14,15). The maximum atomic E-state index is 11.2. The van der Waals surface area contributed by atoms with Crippen LogP contribution < -0.4 is 5.48 Å². The van der Waals surface area contributed by atoms with Gasteiger partial charge in [0.05, 0.1) is 0 Å². The van der Waals surface area contributed by atoms with Crippen molar-refractivity contribution in [1.82, 2.24) is 5.48 Å². The van der Waals surface area contributed by atoms with Gasteiger partial charge < -0.3 is 9.94 Å². The lowest BCUT2D eigenvalue weighted by molar-refractivity contribution is -0.151. The molecular formula is C12H23NO4. The molecule has 0 aliphatic heterocycles. The van der Waals surface area contributed by atoms with Crippen molar-refractivity contribution in [2.75, 3.05) is 6.54 Å². The zero-order valence-corrected chi connectivity index (χ0v) is 10.5. The van der Waals surface area contributed by atoms with Gasteiger partial charge >= 0.3 is 11.9 Å². The number of carbonyl (C=O) groups is 2. The molecule has 5 heteroatoms. The molecule has 0 amide bonds. The number of carboxylic acid groups (broad SMARTS) is 1. The first-order valence-electron chi connectivity index (χ1n) is 6.31. The molecule has 0 rings (SSSR count). The summed E-state index contributed by atoms with van der Waals surface area (Å²) in [6.45, 7) is 2.53. The molecule has 0 aliphatic rings. The molecule has 0 fully saturated rings. The zero-order chi connectivity index (χ0) is 12.9. The molecule has 0 heterocycles. The minimum Gasteiger partial charge on any atom is -0.481 e. The molecule has 17 heavy (non-hydrogen) atoms. The van der Waals surface area contributed by atoms with Crippen molar-refractivity contribution < 1.29 is 19.5 Å². The van der Waals surface area contributed by atoms with Crippen LogP contribution in [-0.2, 0) is 14.4 Å². The summed E-state index contributed by atoms with van der Waals surface area (Å²) in [5.74, 6) is -1.11. The lowest BCUT2D eigenvalue weighted by Crippen LogP contribution is -2.21. The van der Waals surface area contributed by atoms with E-state index in [4.69, 9.17) is 9.94 Å². The Morgan fingerprint density at radius 3 is 2.41 bits per heavy atom. The third-order valence-corrected chi connectivity index (χ3v) is 2.34. The number of hydrogen-bond donors (Lipinski definition) is 2. The molecule has 0 aliphatic carbocycles. The van der Waals surface area contributed by atoms with Crippen molar-refractivity contribution >= 4 is 11.9 Å². The summed E-state index contributed by atoms with van der Waals surface area (Å²) in [5.41, 5.74) is 2.48. The largest absolute Gasteiger partial charge is 0.481 e. The Balaban J connectivity index is 3.20. The van der Waals surface area contributed by atoms with Crippen LogP contribution in [0, 0.1) is 0 Å². The molecule has 100 valence electrons. The molecule has 0 aromatic heterocycles. The molecule has 0 aromatic rings. The Morgan fingerprint density at radius 1 is 1.06 bits per heavy atom. The van der Waals surface area contributed by atoms with E-state index in [1.165, 1.54) is 12.8 Å². The third-order valence-electron chi connectivity index (χ3n) is 2.34. The first-order valence-corrected chi connectivity index (χ1v) is 6.31. The number of nitrogens with one attached hydrogen (secondary N) is 1. The van der Waals surface area contributed by atoms with Gasteiger partial charge in [0.2, 0.25) is 0 Å². The normalized spacial score (nSPS) is 10.2. The molecule has 0 saturated heterocycles. The zero-order valence-electron chi connectivity index (χ0n) is 10.5. The lowest BCUT2D eigenvalue weighted by atomic mass is 10.1. The minimum atomic E-state index is -0.839. The second-order valence-corrected chi connectivity index (χ2v) is 4.03. The fourth-order valence-electron chi connectivity index (χ4n) is 1.37. The van der Waals surface area contributed by atoms with Crippen molar-refractivity contribution in [3.05, 3.63) is 0 Å². The molecule has 2 N–H and O–H groups in total. The highest BCUT2D eigenvalue weighted by molar-refractivity contribution is 5.69. The van der Waals surface area contributed by atoms with Gasteiger partial charge in [-0.25, -0.2) is 0 Å². The Kier molecular flexibility index (Phi) is 10.7. The van der Waals surface area contributed by atoms with Crippen LogP contribution in [0.5, 0.6) is 0 Å². The van der Waals surface area contributed by atoms with Gasteiger partial charge in [-0.1, -0.05) is 32.6 Å². The van der Waals surface area contributed by atoms with Crippen LogP contribution in [-0.4, -0.2) is 23.6 Å². The van der Waals surface area contributed by atoms with E-state index in [0.29, 0.717) is 19.4 Å². The molecule has 0 bridgehead atoms. The van der Waals surface area contributed by atoms with E-state index in [2.05, 4.69) is 12.4 Å². The van der Waals surface area contributed by atoms with E-state index in [1.54, 1.807) is 0 Å². The van der Waals surface area contributed by atoms with Crippen LogP contribution in [0.25, 0.3) is 0 Å². The first kappa shape index (κ1) is 15.9. The summed E-state index contributed by atoms with van der Waals surface area (Å²) in [4.78, 5) is 26.1. The molecule has 0 atom stereocenters.